The molecule has 0 aromatic rings. The van der Waals surface area contributed by atoms with E-state index < -0.39 is 17.7 Å². The van der Waals surface area contributed by atoms with Crippen molar-refractivity contribution in [1.82, 2.24) is 0 Å². The van der Waals surface area contributed by atoms with Crippen LogP contribution in [0.25, 0.3) is 0 Å². The molecule has 0 fully saturated rings. The van der Waals surface area contributed by atoms with E-state index in [0.717, 1.165) is 13.8 Å². The predicted molar refractivity (Wildman–Crippen MR) is 26.4 cm³/mol. The van der Waals surface area contributed by atoms with Gasteiger partial charge in [-0.05, 0) is 6.92 Å². The second kappa shape index (κ2) is 9.14. The van der Waals surface area contributed by atoms with Gasteiger partial charge in [0.2, 0.25) is 0 Å². The Hall–Kier alpha value is -0.858. The van der Waals surface area contributed by atoms with Gasteiger partial charge in [-0.15, -0.1) is 0 Å². The number of rotatable bonds is 1. The number of carboxylic acids is 2. The molecule has 0 rings (SSSR count). The summed E-state index contributed by atoms with van der Waals surface area (Å²) < 4.78 is 0. The molecule has 0 atom stereocenters. The maximum Gasteiger partial charge on any atom is 2.00 e. The number of carbonyl (C=O) groups excluding carboxylic acids is 3. The molecule has 6 heteroatoms. The third kappa shape index (κ3) is 47.2. The molecule has 0 aromatic heterocycles. The predicted octanol–water partition coefficient (Wildman–Crippen LogP) is -2.92. The Morgan fingerprint density at radius 3 is 1.09 bits per heavy atom. The molecule has 11 heavy (non-hydrogen) atoms. The van der Waals surface area contributed by atoms with E-state index in [2.05, 4.69) is 0 Å². The van der Waals surface area contributed by atoms with Crippen molar-refractivity contribution >= 4 is 17.7 Å². The van der Waals surface area contributed by atoms with Crippen LogP contribution in [-0.2, 0) is 31.7 Å². The molecule has 0 heterocycles. The fourth-order valence-electron chi connectivity index (χ4n) is 0. The average Bonchev–Trinajstić information content (AvgIpc) is 1.63. The maximum atomic E-state index is 9.48. The summed E-state index contributed by atoms with van der Waals surface area (Å²) in [6.45, 7) is 1.91. The molecule has 0 aliphatic rings. The first kappa shape index (κ1) is 16.6. The first-order valence-corrected chi connectivity index (χ1v) is 2.27. The molecule has 0 amide bonds. The van der Waals surface area contributed by atoms with E-state index in [1.54, 1.807) is 0 Å². The van der Waals surface area contributed by atoms with E-state index in [1.807, 2.05) is 0 Å². The van der Waals surface area contributed by atoms with Crippen LogP contribution in [0.1, 0.15) is 13.8 Å². The Bertz CT molecular complexity index is 137. The molecule has 0 aliphatic carbocycles. The summed E-state index contributed by atoms with van der Waals surface area (Å²) in [6, 6.07) is 0. The van der Waals surface area contributed by atoms with Gasteiger partial charge < -0.3 is 19.8 Å². The van der Waals surface area contributed by atoms with Gasteiger partial charge in [-0.2, -0.15) is 0 Å². The second-order valence-electron chi connectivity index (χ2n) is 1.34. The number of carbonyl (C=O) groups is 3. The molecular weight excluding hydrogens is 192 g/mol. The summed E-state index contributed by atoms with van der Waals surface area (Å²) in [5.74, 6) is -3.65. The fraction of sp³-hybridized carbons (Fsp3) is 0.400. The Labute approximate surface area is 74.2 Å². The molecule has 0 saturated carbocycles. The van der Waals surface area contributed by atoms with Crippen LogP contribution in [0.4, 0.5) is 0 Å². The van der Waals surface area contributed by atoms with Crippen molar-refractivity contribution in [1.29, 1.82) is 0 Å². The number of hydrogen-bond acceptors (Lipinski definition) is 5. The van der Waals surface area contributed by atoms with Crippen LogP contribution in [0.15, 0.2) is 0 Å². The number of Topliss-reactive ketones (excluding diaryl/α,β-unsaturated/α-hetero) is 1. The van der Waals surface area contributed by atoms with Crippen LogP contribution in [0, 0.1) is 0 Å². The van der Waals surface area contributed by atoms with Gasteiger partial charge in [0.05, 0.1) is 0 Å². The minimum absolute atomic E-state index is 0. The van der Waals surface area contributed by atoms with Crippen molar-refractivity contribution in [3.05, 3.63) is 0 Å². The molecule has 0 aromatic carbocycles. The van der Waals surface area contributed by atoms with E-state index >= 15 is 0 Å². The maximum absolute atomic E-state index is 9.48. The summed E-state index contributed by atoms with van der Waals surface area (Å²) in [6.07, 6.45) is 0. The Balaban J connectivity index is -0.000000114. The zero-order valence-corrected chi connectivity index (χ0v) is 7.22. The Morgan fingerprint density at radius 1 is 1.00 bits per heavy atom. The second-order valence-corrected chi connectivity index (χ2v) is 1.34. The molecule has 0 spiro atoms. The van der Waals surface area contributed by atoms with E-state index in [4.69, 9.17) is 9.90 Å². The monoisotopic (exact) mass is 198 g/mol. The van der Waals surface area contributed by atoms with Crippen LogP contribution in [0.2, 0.25) is 0 Å². The van der Waals surface area contributed by atoms with E-state index in [9.17, 15) is 14.7 Å². The van der Waals surface area contributed by atoms with Crippen molar-refractivity contribution in [3.8, 4) is 0 Å². The van der Waals surface area contributed by atoms with Crippen molar-refractivity contribution in [2.75, 3.05) is 0 Å². The van der Waals surface area contributed by atoms with Crippen LogP contribution >= 0.6 is 0 Å². The van der Waals surface area contributed by atoms with Crippen molar-refractivity contribution < 1.29 is 42.0 Å². The first-order chi connectivity index (χ1) is 4.37. The molecule has 0 aliphatic heterocycles. The van der Waals surface area contributed by atoms with Gasteiger partial charge in [0.1, 0.15) is 5.97 Å². The van der Waals surface area contributed by atoms with Gasteiger partial charge in [0, 0.05) is 12.9 Å². The van der Waals surface area contributed by atoms with Crippen molar-refractivity contribution in [3.63, 3.8) is 0 Å². The van der Waals surface area contributed by atoms with Gasteiger partial charge in [0.15, 0.2) is 5.78 Å². The smallest absolute Gasteiger partial charge is 0.550 e. The zero-order chi connectivity index (χ0) is 8.73. The minimum Gasteiger partial charge on any atom is -0.550 e. The largest absolute Gasteiger partial charge is 2.00 e. The summed E-state index contributed by atoms with van der Waals surface area (Å²) >= 11 is 0. The standard InChI is InChI=1S/C3H4O3.C2H4O2.Cr/c1-2(4)3(5)6;1-2(3)4;/h1H3,(H,5,6);1H3,(H,3,4);/q;;+2/p-2. The quantitative estimate of drug-likeness (QED) is 0.420. The van der Waals surface area contributed by atoms with Gasteiger partial charge in [0.25, 0.3) is 0 Å². The SMILES string of the molecule is CC(=O)C(=O)[O-].CC(=O)[O-].[Cr+2]. The van der Waals surface area contributed by atoms with Crippen LogP contribution in [0.3, 0.4) is 0 Å². The summed E-state index contributed by atoms with van der Waals surface area (Å²) in [4.78, 5) is 27.6. The molecule has 5 nitrogen and oxygen atoms in total. The van der Waals surface area contributed by atoms with Gasteiger partial charge in [-0.1, -0.05) is 0 Å². The molecule has 0 saturated heterocycles. The molecular formula is C5H6CrO5. The van der Waals surface area contributed by atoms with Crippen molar-refractivity contribution in [2.45, 2.75) is 13.8 Å². The van der Waals surface area contributed by atoms with Crippen LogP contribution < -0.4 is 10.2 Å². The third-order valence-electron chi connectivity index (χ3n) is 0.287. The average molecular weight is 198 g/mol. The number of hydrogen-bond donors (Lipinski definition) is 0. The van der Waals surface area contributed by atoms with E-state index in [0.29, 0.717) is 0 Å². The fourth-order valence-corrected chi connectivity index (χ4v) is 0. The van der Waals surface area contributed by atoms with E-state index in [1.165, 1.54) is 0 Å². The van der Waals surface area contributed by atoms with Gasteiger partial charge >= 0.3 is 17.4 Å². The van der Waals surface area contributed by atoms with Crippen LogP contribution in [0.5, 0.6) is 0 Å². The van der Waals surface area contributed by atoms with Crippen LogP contribution in [-0.4, -0.2) is 17.7 Å². The number of ketones is 1. The topological polar surface area (TPSA) is 97.3 Å². The Kier molecular flexibility index (Phi) is 13.8. The molecule has 0 unspecified atom stereocenters. The molecule has 0 bridgehead atoms. The minimum atomic E-state index is -1.63. The molecule has 62 valence electrons. The normalized spacial score (nSPS) is 6.36. The van der Waals surface area contributed by atoms with Gasteiger partial charge in [-0.25, -0.2) is 0 Å². The Morgan fingerprint density at radius 2 is 1.09 bits per heavy atom. The summed E-state index contributed by atoms with van der Waals surface area (Å²) in [5.41, 5.74) is 0. The first-order valence-electron chi connectivity index (χ1n) is 2.27. The summed E-state index contributed by atoms with van der Waals surface area (Å²) in [5, 5.41) is 18.1. The summed E-state index contributed by atoms with van der Waals surface area (Å²) in [7, 11) is 0. The van der Waals surface area contributed by atoms with Gasteiger partial charge in [-0.3, -0.25) is 4.79 Å². The molecule has 0 radical (unpaired) electrons. The molecule has 0 N–H and O–H groups in total. The third-order valence-corrected chi connectivity index (χ3v) is 0.287. The van der Waals surface area contributed by atoms with Crippen molar-refractivity contribution in [2.24, 2.45) is 0 Å². The van der Waals surface area contributed by atoms with E-state index in [-0.39, 0.29) is 17.4 Å². The number of carboxylic acid groups (broad SMARTS) is 2. The zero-order valence-electron chi connectivity index (χ0n) is 5.95. The number of aliphatic carboxylic acids is 2.